The van der Waals surface area contributed by atoms with Crippen LogP contribution in [-0.4, -0.2) is 26.3 Å². The Bertz CT molecular complexity index is 1020. The fourth-order valence-corrected chi connectivity index (χ4v) is 4.85. The summed E-state index contributed by atoms with van der Waals surface area (Å²) in [5, 5.41) is 0. The molecule has 2 aromatic carbocycles. The minimum atomic E-state index is 0.463. The Balaban J connectivity index is 0.00000126. The minimum absolute atomic E-state index is 0.463. The second kappa shape index (κ2) is 10.7. The molecule has 0 unspecified atom stereocenters. The number of hydrogen-bond acceptors (Lipinski definition) is 4. The molecule has 1 fully saturated rings. The van der Waals surface area contributed by atoms with Crippen LogP contribution >= 0.6 is 9.19 Å². The Morgan fingerprint density at radius 3 is 2.15 bits per heavy atom. The molecule has 0 bridgehead atoms. The van der Waals surface area contributed by atoms with E-state index in [4.69, 9.17) is 4.74 Å². The number of allylic oxidation sites excluding steroid dienone is 1. The van der Waals surface area contributed by atoms with Crippen LogP contribution in [0.4, 0.5) is 17.1 Å². The molecule has 3 aliphatic heterocycles. The van der Waals surface area contributed by atoms with Crippen molar-refractivity contribution in [3.8, 4) is 0 Å². The number of benzene rings is 2. The molecule has 1 saturated heterocycles. The van der Waals surface area contributed by atoms with Crippen LogP contribution in [0.2, 0.25) is 0 Å². The monoisotopic (exact) mass is 646 g/mol. The quantitative estimate of drug-likeness (QED) is 0.270. The third kappa shape index (κ3) is 4.78. The molecule has 3 heterocycles. The van der Waals surface area contributed by atoms with Gasteiger partial charge in [0.2, 0.25) is 0 Å². The number of hydrogen-bond donors (Lipinski definition) is 0. The number of para-hydroxylation sites is 2. The van der Waals surface area contributed by atoms with Gasteiger partial charge in [-0.2, -0.15) is 0 Å². The van der Waals surface area contributed by atoms with Crippen LogP contribution in [0.3, 0.4) is 0 Å². The van der Waals surface area contributed by atoms with Crippen LogP contribution in [0.15, 0.2) is 54.4 Å². The molecule has 0 aliphatic carbocycles. The van der Waals surface area contributed by atoms with Crippen molar-refractivity contribution in [2.45, 2.75) is 39.5 Å². The van der Waals surface area contributed by atoms with E-state index in [1.807, 2.05) is 0 Å². The van der Waals surface area contributed by atoms with Crippen molar-refractivity contribution in [1.29, 1.82) is 0 Å². The van der Waals surface area contributed by atoms with Crippen molar-refractivity contribution in [2.24, 2.45) is 0 Å². The van der Waals surface area contributed by atoms with Gasteiger partial charge in [0.05, 0.1) is 18.9 Å². The average molecular weight is 647 g/mol. The maximum atomic E-state index is 5.60. The maximum absolute atomic E-state index is 5.60. The number of morpholine rings is 1. The molecular weight excluding hydrogens is 615 g/mol. The fraction of sp³-hybridized carbons (Fsp3) is 0.370. The van der Waals surface area contributed by atoms with Crippen LogP contribution in [0.1, 0.15) is 56.2 Å². The topological polar surface area (TPSA) is 19.0 Å². The van der Waals surface area contributed by atoms with E-state index in [2.05, 4.69) is 113 Å². The van der Waals surface area contributed by atoms with E-state index in [9.17, 15) is 0 Å². The standard InChI is InChI=1S/C27H32N3O.Au.ClH/c1-19(2)23-8-6-9-24(20(3)4)27(23)29-17-22-12-11-21-7-5-10-25(26(21)30(22)18-29)28-13-15-31-16-14-28;;/h5-12,17-20H,13-16H2,1-4H3;;1H/q-1;+1;/p-1. The zero-order chi connectivity index (χ0) is 23.5. The van der Waals surface area contributed by atoms with E-state index >= 15 is 0 Å². The molecule has 0 spiro atoms. The predicted molar refractivity (Wildman–Crippen MR) is 136 cm³/mol. The van der Waals surface area contributed by atoms with Crippen molar-refractivity contribution >= 4 is 32.3 Å². The summed E-state index contributed by atoms with van der Waals surface area (Å²) in [6, 6.07) is 13.4. The third-order valence-corrected chi connectivity index (χ3v) is 6.46. The van der Waals surface area contributed by atoms with Gasteiger partial charge in [-0.15, -0.1) is 6.67 Å². The third-order valence-electron chi connectivity index (χ3n) is 6.46. The van der Waals surface area contributed by atoms with E-state index in [1.54, 1.807) is 20.0 Å². The van der Waals surface area contributed by atoms with Crippen molar-refractivity contribution in [2.75, 3.05) is 41.0 Å². The number of nitrogens with zero attached hydrogens (tertiary/aromatic N) is 3. The van der Waals surface area contributed by atoms with Gasteiger partial charge in [-0.25, -0.2) is 0 Å². The summed E-state index contributed by atoms with van der Waals surface area (Å²) >= 11 is 1.75. The number of rotatable bonds is 4. The second-order valence-electron chi connectivity index (χ2n) is 9.19. The second-order valence-corrected chi connectivity index (χ2v) is 9.19. The van der Waals surface area contributed by atoms with E-state index in [-0.39, 0.29) is 0 Å². The fourth-order valence-electron chi connectivity index (χ4n) is 4.85. The van der Waals surface area contributed by atoms with Crippen molar-refractivity contribution in [3.05, 3.63) is 77.7 Å². The first-order chi connectivity index (χ1) is 16.0. The van der Waals surface area contributed by atoms with E-state index in [0.29, 0.717) is 11.8 Å². The van der Waals surface area contributed by atoms with E-state index in [0.717, 1.165) is 26.3 Å². The van der Waals surface area contributed by atoms with Gasteiger partial charge < -0.3 is 19.4 Å². The molecule has 0 saturated carbocycles. The van der Waals surface area contributed by atoms with Crippen LogP contribution in [0.5, 0.6) is 0 Å². The van der Waals surface area contributed by atoms with Crippen molar-refractivity contribution in [1.82, 2.24) is 0 Å². The number of ether oxygens (including phenoxy) is 1. The number of anilines is 3. The Kier molecular flexibility index (Phi) is 7.93. The number of fused-ring (bicyclic) bond motifs is 3. The Morgan fingerprint density at radius 2 is 1.52 bits per heavy atom. The van der Waals surface area contributed by atoms with Crippen LogP contribution < -0.4 is 14.7 Å². The van der Waals surface area contributed by atoms with Gasteiger partial charge in [-0.3, -0.25) is 0 Å². The van der Waals surface area contributed by atoms with Gasteiger partial charge in [0, 0.05) is 30.2 Å². The molecule has 33 heavy (non-hydrogen) atoms. The molecule has 0 N–H and O–H groups in total. The summed E-state index contributed by atoms with van der Waals surface area (Å²) in [4.78, 5) is 7.16. The van der Waals surface area contributed by atoms with Gasteiger partial charge >= 0.3 is 29.2 Å². The van der Waals surface area contributed by atoms with E-state index in [1.165, 1.54) is 39.4 Å². The first-order valence-electron chi connectivity index (χ1n) is 11.6. The Labute approximate surface area is 214 Å². The Hall–Kier alpha value is -1.69. The summed E-state index contributed by atoms with van der Waals surface area (Å²) in [6.45, 7) is 14.9. The molecule has 180 valence electrons. The normalized spacial score (nSPS) is 17.1. The first kappa shape index (κ1) is 24.4. The summed E-state index contributed by atoms with van der Waals surface area (Å²) in [5.74, 6) is 0.926. The van der Waals surface area contributed by atoms with Gasteiger partial charge in [0.25, 0.3) is 0 Å². The van der Waals surface area contributed by atoms with Crippen LogP contribution in [0.25, 0.3) is 6.08 Å². The predicted octanol–water partition coefficient (Wildman–Crippen LogP) is 6.77. The van der Waals surface area contributed by atoms with Crippen LogP contribution in [0, 0.1) is 6.67 Å². The molecule has 0 amide bonds. The van der Waals surface area contributed by atoms with E-state index < -0.39 is 0 Å². The van der Waals surface area contributed by atoms with Crippen molar-refractivity contribution < 1.29 is 24.7 Å². The molecule has 4 nitrogen and oxygen atoms in total. The van der Waals surface area contributed by atoms with Gasteiger partial charge in [-0.1, -0.05) is 64.1 Å². The zero-order valence-corrected chi connectivity index (χ0v) is 22.6. The molecule has 0 aromatic heterocycles. The van der Waals surface area contributed by atoms with Gasteiger partial charge in [0.15, 0.2) is 0 Å². The first-order valence-corrected chi connectivity index (χ1v) is 14.3. The van der Waals surface area contributed by atoms with Gasteiger partial charge in [0.1, 0.15) is 0 Å². The number of halogens is 1. The Morgan fingerprint density at radius 1 is 0.879 bits per heavy atom. The SMILES string of the molecule is CC(C)c1cccc(C(C)C)c1N1C=C2C=Cc3cccc(N4CCOCC4)c3N2[CH-]1.[Cl][Au]. The zero-order valence-electron chi connectivity index (χ0n) is 19.7. The van der Waals surface area contributed by atoms with Gasteiger partial charge in [-0.05, 0) is 46.9 Å². The molecule has 0 radical (unpaired) electrons. The van der Waals surface area contributed by atoms with Crippen LogP contribution in [-0.2, 0) is 24.7 Å². The molecule has 6 heteroatoms. The molecule has 0 atom stereocenters. The summed E-state index contributed by atoms with van der Waals surface area (Å²) < 4.78 is 5.60. The summed E-state index contributed by atoms with van der Waals surface area (Å²) in [6.07, 6.45) is 6.76. The van der Waals surface area contributed by atoms with Crippen molar-refractivity contribution in [3.63, 3.8) is 0 Å². The molecule has 3 aliphatic rings. The molecule has 2 aromatic rings. The summed E-state index contributed by atoms with van der Waals surface area (Å²) in [7, 11) is 4.58. The average Bonchev–Trinajstić information content (AvgIpc) is 3.29. The molecule has 5 rings (SSSR count). The summed E-state index contributed by atoms with van der Waals surface area (Å²) in [5.41, 5.74) is 9.15. The molecular formula is C27H32AuClN3O-.